The van der Waals surface area contributed by atoms with E-state index < -0.39 is 9.84 Å². The van der Waals surface area contributed by atoms with Gasteiger partial charge in [0.05, 0.1) is 11.5 Å². The van der Waals surface area contributed by atoms with Gasteiger partial charge in [0.25, 0.3) is 0 Å². The van der Waals surface area contributed by atoms with Crippen LogP contribution in [0.4, 0.5) is 4.79 Å². The first-order valence-electron chi connectivity index (χ1n) is 6.96. The average molecular weight is 329 g/mol. The van der Waals surface area contributed by atoms with Crippen LogP contribution in [0.1, 0.15) is 17.9 Å². The summed E-state index contributed by atoms with van der Waals surface area (Å²) in [6.45, 7) is 0.561. The lowest BCUT2D eigenvalue weighted by Crippen LogP contribution is -2.48. The van der Waals surface area contributed by atoms with Crippen molar-refractivity contribution in [3.05, 3.63) is 34.9 Å². The van der Waals surface area contributed by atoms with E-state index in [2.05, 4.69) is 5.32 Å². The van der Waals surface area contributed by atoms with Crippen LogP contribution in [0, 0.1) is 0 Å². The first-order chi connectivity index (χ1) is 9.94. The molecule has 1 aromatic carbocycles. The van der Waals surface area contributed by atoms with Gasteiger partial charge in [-0.05, 0) is 24.1 Å². The van der Waals surface area contributed by atoms with E-state index in [4.69, 9.17) is 11.6 Å². The zero-order chi connectivity index (χ0) is 15.0. The van der Waals surface area contributed by atoms with Crippen LogP contribution < -0.4 is 5.32 Å². The molecule has 1 saturated carbocycles. The van der Waals surface area contributed by atoms with Gasteiger partial charge >= 0.3 is 6.03 Å². The Morgan fingerprint density at radius 2 is 2.00 bits per heavy atom. The summed E-state index contributed by atoms with van der Waals surface area (Å²) in [5.41, 5.74) is 1.13. The minimum absolute atomic E-state index is 0.0583. The molecule has 1 aliphatic heterocycles. The van der Waals surface area contributed by atoms with Crippen LogP contribution in [0.5, 0.6) is 0 Å². The van der Waals surface area contributed by atoms with Crippen molar-refractivity contribution in [3.63, 3.8) is 0 Å². The molecule has 1 aromatic rings. The Kier molecular flexibility index (Phi) is 3.84. The highest BCUT2D eigenvalue weighted by molar-refractivity contribution is 7.91. The number of nitrogens with zero attached hydrogens (tertiary/aromatic N) is 1. The first-order valence-corrected chi connectivity index (χ1v) is 9.16. The summed E-state index contributed by atoms with van der Waals surface area (Å²) in [6, 6.07) is 7.62. The Balaban J connectivity index is 1.53. The maximum Gasteiger partial charge on any atom is 0.317 e. The lowest BCUT2D eigenvalue weighted by molar-refractivity contribution is 0.201. The molecule has 7 heteroatoms. The van der Waals surface area contributed by atoms with E-state index in [0.29, 0.717) is 10.9 Å². The summed E-state index contributed by atoms with van der Waals surface area (Å²) in [4.78, 5) is 13.7. The van der Waals surface area contributed by atoms with E-state index in [1.54, 1.807) is 4.90 Å². The molecule has 21 heavy (non-hydrogen) atoms. The van der Waals surface area contributed by atoms with Gasteiger partial charge in [-0.15, -0.1) is 0 Å². The van der Waals surface area contributed by atoms with Crippen LogP contribution in [0.25, 0.3) is 0 Å². The van der Waals surface area contributed by atoms with Gasteiger partial charge in [0.1, 0.15) is 0 Å². The predicted molar refractivity (Wildman–Crippen MR) is 81.4 cm³/mol. The fraction of sp³-hybridized carbons (Fsp3) is 0.500. The molecule has 0 spiro atoms. The molecule has 3 rings (SSSR count). The Labute approximate surface area is 129 Å². The van der Waals surface area contributed by atoms with Crippen molar-refractivity contribution >= 4 is 27.5 Å². The number of urea groups is 1. The van der Waals surface area contributed by atoms with E-state index in [1.807, 2.05) is 24.3 Å². The number of halogens is 1. The van der Waals surface area contributed by atoms with Crippen molar-refractivity contribution in [2.24, 2.45) is 0 Å². The van der Waals surface area contributed by atoms with Crippen molar-refractivity contribution in [3.8, 4) is 0 Å². The number of nitrogens with one attached hydrogen (secondary N) is 1. The Hall–Kier alpha value is -1.27. The molecule has 1 saturated heterocycles. The molecule has 2 fully saturated rings. The summed E-state index contributed by atoms with van der Waals surface area (Å²) in [7, 11) is -2.96. The molecule has 0 bridgehead atoms. The molecule has 0 unspecified atom stereocenters. The monoisotopic (exact) mass is 328 g/mol. The molecule has 5 nitrogen and oxygen atoms in total. The second kappa shape index (κ2) is 5.50. The SMILES string of the molecule is O=C(N[C@@H]1C[C@H]1c1cccc(Cl)c1)N1CCS(=O)(=O)CC1. The molecule has 1 aliphatic carbocycles. The second-order valence-electron chi connectivity index (χ2n) is 5.59. The average Bonchev–Trinajstić information content (AvgIpc) is 3.17. The van der Waals surface area contributed by atoms with Crippen LogP contribution >= 0.6 is 11.6 Å². The predicted octanol–water partition coefficient (Wildman–Crippen LogP) is 1.64. The number of carbonyl (C=O) groups excluding carboxylic acids is 1. The van der Waals surface area contributed by atoms with E-state index in [0.717, 1.165) is 12.0 Å². The normalized spacial score (nSPS) is 27.2. The molecular weight excluding hydrogens is 312 g/mol. The molecular formula is C14H17ClN2O3S. The topological polar surface area (TPSA) is 66.5 Å². The standard InChI is InChI=1S/C14H17ClN2O3S/c15-11-3-1-2-10(8-11)12-9-13(12)16-14(18)17-4-6-21(19,20)7-5-17/h1-3,8,12-13H,4-7,9H2,(H,16,18)/t12-,13+/m0/s1. The number of sulfone groups is 1. The highest BCUT2D eigenvalue weighted by Gasteiger charge is 2.40. The number of rotatable bonds is 2. The summed E-state index contributed by atoms with van der Waals surface area (Å²) in [5, 5.41) is 3.67. The molecule has 1 heterocycles. The molecule has 1 N–H and O–H groups in total. The van der Waals surface area contributed by atoms with Crippen LogP contribution in [0.15, 0.2) is 24.3 Å². The van der Waals surface area contributed by atoms with E-state index >= 15 is 0 Å². The fourth-order valence-electron chi connectivity index (χ4n) is 2.63. The fourth-order valence-corrected chi connectivity index (χ4v) is 4.03. The quantitative estimate of drug-likeness (QED) is 0.897. The molecule has 2 amide bonds. The van der Waals surface area contributed by atoms with E-state index in [-0.39, 0.29) is 36.7 Å². The Bertz CT molecular complexity index is 648. The van der Waals surface area contributed by atoms with Gasteiger partial charge in [-0.2, -0.15) is 0 Å². The van der Waals surface area contributed by atoms with Crippen LogP contribution in [-0.4, -0.2) is 50.0 Å². The number of carbonyl (C=O) groups is 1. The third-order valence-electron chi connectivity index (χ3n) is 4.01. The Morgan fingerprint density at radius 3 is 2.67 bits per heavy atom. The largest absolute Gasteiger partial charge is 0.335 e. The van der Waals surface area contributed by atoms with E-state index in [9.17, 15) is 13.2 Å². The van der Waals surface area contributed by atoms with Gasteiger partial charge in [0.15, 0.2) is 9.84 Å². The van der Waals surface area contributed by atoms with Gasteiger partial charge in [-0.25, -0.2) is 13.2 Å². The molecule has 0 aromatic heterocycles. The minimum Gasteiger partial charge on any atom is -0.335 e. The van der Waals surface area contributed by atoms with Gasteiger partial charge in [-0.3, -0.25) is 0 Å². The van der Waals surface area contributed by atoms with E-state index in [1.165, 1.54) is 0 Å². The van der Waals surface area contributed by atoms with Crippen LogP contribution in [-0.2, 0) is 9.84 Å². The number of amides is 2. The van der Waals surface area contributed by atoms with Crippen molar-refractivity contribution in [2.75, 3.05) is 24.6 Å². The smallest absolute Gasteiger partial charge is 0.317 e. The highest BCUT2D eigenvalue weighted by atomic mass is 35.5. The summed E-state index contributed by atoms with van der Waals surface area (Å²) in [6.07, 6.45) is 0.901. The van der Waals surface area contributed by atoms with Gasteiger partial charge < -0.3 is 10.2 Å². The zero-order valence-corrected chi connectivity index (χ0v) is 13.0. The summed E-state index contributed by atoms with van der Waals surface area (Å²) in [5.74, 6) is 0.423. The van der Waals surface area contributed by atoms with Gasteiger partial charge in [0.2, 0.25) is 0 Å². The number of hydrogen-bond donors (Lipinski definition) is 1. The minimum atomic E-state index is -2.96. The first kappa shape index (κ1) is 14.7. The molecule has 114 valence electrons. The summed E-state index contributed by atoms with van der Waals surface area (Å²) >= 11 is 5.97. The van der Waals surface area contributed by atoms with Gasteiger partial charge in [0, 0.05) is 30.1 Å². The molecule has 2 atom stereocenters. The number of hydrogen-bond acceptors (Lipinski definition) is 3. The third kappa shape index (κ3) is 3.49. The lowest BCUT2D eigenvalue weighted by Gasteiger charge is -2.26. The van der Waals surface area contributed by atoms with Crippen molar-refractivity contribution in [2.45, 2.75) is 18.4 Å². The maximum atomic E-state index is 12.1. The third-order valence-corrected chi connectivity index (χ3v) is 5.85. The van der Waals surface area contributed by atoms with Crippen molar-refractivity contribution in [1.82, 2.24) is 10.2 Å². The highest BCUT2D eigenvalue weighted by Crippen LogP contribution is 2.41. The Morgan fingerprint density at radius 1 is 1.29 bits per heavy atom. The molecule has 2 aliphatic rings. The van der Waals surface area contributed by atoms with Crippen molar-refractivity contribution in [1.29, 1.82) is 0 Å². The van der Waals surface area contributed by atoms with Gasteiger partial charge in [-0.1, -0.05) is 23.7 Å². The number of benzene rings is 1. The van der Waals surface area contributed by atoms with Crippen LogP contribution in [0.3, 0.4) is 0 Å². The van der Waals surface area contributed by atoms with Crippen LogP contribution in [0.2, 0.25) is 5.02 Å². The second-order valence-corrected chi connectivity index (χ2v) is 8.33. The molecule has 0 radical (unpaired) electrons. The van der Waals surface area contributed by atoms with Crippen molar-refractivity contribution < 1.29 is 13.2 Å². The maximum absolute atomic E-state index is 12.1. The summed E-state index contributed by atoms with van der Waals surface area (Å²) < 4.78 is 22.7. The lowest BCUT2D eigenvalue weighted by atomic mass is 10.1. The zero-order valence-electron chi connectivity index (χ0n) is 11.5.